The molecule has 0 aliphatic carbocycles. The summed E-state index contributed by atoms with van der Waals surface area (Å²) < 4.78 is 1.73. The van der Waals surface area contributed by atoms with Crippen molar-refractivity contribution in [3.8, 4) is 0 Å². The maximum Gasteiger partial charge on any atom is 0.244 e. The van der Waals surface area contributed by atoms with Crippen LogP contribution in [0.25, 0.3) is 0 Å². The van der Waals surface area contributed by atoms with Gasteiger partial charge in [-0.1, -0.05) is 0 Å². The van der Waals surface area contributed by atoms with E-state index in [1.54, 1.807) is 10.9 Å². The molecular weight excluding hydrogens is 256 g/mol. The summed E-state index contributed by atoms with van der Waals surface area (Å²) in [5, 5.41) is 13.4. The van der Waals surface area contributed by atoms with Gasteiger partial charge in [-0.05, 0) is 31.7 Å². The van der Waals surface area contributed by atoms with Crippen molar-refractivity contribution in [1.29, 1.82) is 0 Å². The Hall–Kier alpha value is -1.40. The summed E-state index contributed by atoms with van der Waals surface area (Å²) in [4.78, 5) is 16.8. The summed E-state index contributed by atoms with van der Waals surface area (Å²) in [5.41, 5.74) is 0.889. The minimum atomic E-state index is -0.0273. The van der Waals surface area contributed by atoms with Crippen LogP contribution in [-0.4, -0.2) is 58.0 Å². The molecule has 6 heteroatoms. The fourth-order valence-electron chi connectivity index (χ4n) is 3.29. The number of aliphatic hydroxyl groups is 1. The third-order valence-electron chi connectivity index (χ3n) is 4.43. The van der Waals surface area contributed by atoms with Crippen molar-refractivity contribution in [2.24, 2.45) is 13.0 Å². The average molecular weight is 278 g/mol. The summed E-state index contributed by atoms with van der Waals surface area (Å²) in [7, 11) is 1.86. The van der Waals surface area contributed by atoms with Crippen molar-refractivity contribution >= 4 is 11.6 Å². The second kappa shape index (κ2) is 5.54. The molecule has 0 radical (unpaired) electrons. The second-order valence-corrected chi connectivity index (χ2v) is 5.85. The molecule has 2 fully saturated rings. The number of anilines is 1. The minimum absolute atomic E-state index is 0.0273. The van der Waals surface area contributed by atoms with E-state index in [-0.39, 0.29) is 18.6 Å². The van der Waals surface area contributed by atoms with Crippen LogP contribution in [0.2, 0.25) is 0 Å². The van der Waals surface area contributed by atoms with E-state index in [1.807, 2.05) is 18.1 Å². The molecule has 0 bridgehead atoms. The highest BCUT2D eigenvalue weighted by molar-refractivity contribution is 5.97. The van der Waals surface area contributed by atoms with E-state index in [9.17, 15) is 9.90 Å². The first kappa shape index (κ1) is 13.6. The van der Waals surface area contributed by atoms with Gasteiger partial charge in [-0.2, -0.15) is 5.10 Å². The molecular formula is C14H22N4O2. The lowest BCUT2D eigenvalue weighted by molar-refractivity contribution is -0.125. The van der Waals surface area contributed by atoms with E-state index >= 15 is 0 Å². The molecule has 2 saturated heterocycles. The molecule has 110 valence electrons. The third-order valence-corrected chi connectivity index (χ3v) is 4.43. The fourth-order valence-corrected chi connectivity index (χ4v) is 3.29. The van der Waals surface area contributed by atoms with Gasteiger partial charge in [0.25, 0.3) is 0 Å². The van der Waals surface area contributed by atoms with Crippen LogP contribution < -0.4 is 4.90 Å². The monoisotopic (exact) mass is 278 g/mol. The molecule has 2 aliphatic rings. The normalized spacial score (nSPS) is 28.3. The van der Waals surface area contributed by atoms with E-state index in [0.29, 0.717) is 5.92 Å². The Balaban J connectivity index is 1.72. The molecule has 20 heavy (non-hydrogen) atoms. The van der Waals surface area contributed by atoms with Gasteiger partial charge < -0.3 is 10.0 Å². The predicted molar refractivity (Wildman–Crippen MR) is 75.3 cm³/mol. The van der Waals surface area contributed by atoms with Crippen molar-refractivity contribution in [1.82, 2.24) is 14.7 Å². The van der Waals surface area contributed by atoms with E-state index in [0.717, 1.165) is 44.6 Å². The van der Waals surface area contributed by atoms with Crippen LogP contribution >= 0.6 is 0 Å². The lowest BCUT2D eigenvalue weighted by Gasteiger charge is -2.36. The molecule has 1 aromatic heterocycles. The van der Waals surface area contributed by atoms with Crippen LogP contribution in [0.3, 0.4) is 0 Å². The van der Waals surface area contributed by atoms with Gasteiger partial charge in [0, 0.05) is 32.9 Å². The SMILES string of the molecule is Cn1cc(N2CCCC(N3CCC(CO)C3)C2=O)cn1. The molecule has 2 aliphatic heterocycles. The molecule has 0 aromatic carbocycles. The van der Waals surface area contributed by atoms with Crippen LogP contribution in [0.15, 0.2) is 12.4 Å². The van der Waals surface area contributed by atoms with Crippen LogP contribution in [0.1, 0.15) is 19.3 Å². The predicted octanol–water partition coefficient (Wildman–Crippen LogP) is 0.230. The first-order valence-corrected chi connectivity index (χ1v) is 7.34. The van der Waals surface area contributed by atoms with Crippen molar-refractivity contribution in [3.05, 3.63) is 12.4 Å². The van der Waals surface area contributed by atoms with Crippen LogP contribution in [-0.2, 0) is 11.8 Å². The van der Waals surface area contributed by atoms with Gasteiger partial charge in [0.1, 0.15) is 0 Å². The Labute approximate surface area is 119 Å². The standard InChI is InChI=1S/C14H22N4O2/c1-16-9-12(7-15-16)18-5-2-3-13(14(18)20)17-6-4-11(8-17)10-19/h7,9,11,13,19H,2-6,8,10H2,1H3. The van der Waals surface area contributed by atoms with Crippen LogP contribution in [0, 0.1) is 5.92 Å². The van der Waals surface area contributed by atoms with Crippen molar-refractivity contribution in [2.45, 2.75) is 25.3 Å². The number of aryl methyl sites for hydroxylation is 1. The Morgan fingerprint density at radius 1 is 1.40 bits per heavy atom. The van der Waals surface area contributed by atoms with Crippen molar-refractivity contribution < 1.29 is 9.90 Å². The zero-order valence-corrected chi connectivity index (χ0v) is 11.9. The Bertz CT molecular complexity index is 487. The smallest absolute Gasteiger partial charge is 0.244 e. The Morgan fingerprint density at radius 3 is 2.90 bits per heavy atom. The molecule has 0 spiro atoms. The topological polar surface area (TPSA) is 61.6 Å². The lowest BCUT2D eigenvalue weighted by atomic mass is 10.0. The summed E-state index contributed by atoms with van der Waals surface area (Å²) >= 11 is 0. The molecule has 0 saturated carbocycles. The highest BCUT2D eigenvalue weighted by Crippen LogP contribution is 2.27. The fraction of sp³-hybridized carbons (Fsp3) is 0.714. The highest BCUT2D eigenvalue weighted by Gasteiger charge is 2.37. The van der Waals surface area contributed by atoms with E-state index in [4.69, 9.17) is 0 Å². The number of amides is 1. The summed E-state index contributed by atoms with van der Waals surface area (Å²) in [6.07, 6.45) is 6.58. The number of aromatic nitrogens is 2. The minimum Gasteiger partial charge on any atom is -0.396 e. The zero-order chi connectivity index (χ0) is 14.1. The van der Waals surface area contributed by atoms with Gasteiger partial charge >= 0.3 is 0 Å². The average Bonchev–Trinajstić information content (AvgIpc) is 3.08. The van der Waals surface area contributed by atoms with Gasteiger partial charge in [0.15, 0.2) is 0 Å². The van der Waals surface area contributed by atoms with Gasteiger partial charge in [-0.15, -0.1) is 0 Å². The quantitative estimate of drug-likeness (QED) is 0.860. The first-order valence-electron chi connectivity index (χ1n) is 7.34. The molecule has 1 aromatic rings. The van der Waals surface area contributed by atoms with E-state index in [2.05, 4.69) is 10.00 Å². The molecule has 3 heterocycles. The number of piperidine rings is 1. The molecule has 3 rings (SSSR count). The first-order chi connectivity index (χ1) is 9.69. The van der Waals surface area contributed by atoms with E-state index in [1.165, 1.54) is 0 Å². The van der Waals surface area contributed by atoms with Crippen LogP contribution in [0.4, 0.5) is 5.69 Å². The number of hydrogen-bond donors (Lipinski definition) is 1. The van der Waals surface area contributed by atoms with Gasteiger partial charge in [-0.3, -0.25) is 14.4 Å². The van der Waals surface area contributed by atoms with Gasteiger partial charge in [0.05, 0.1) is 17.9 Å². The maximum absolute atomic E-state index is 12.7. The number of aliphatic hydroxyl groups excluding tert-OH is 1. The van der Waals surface area contributed by atoms with Crippen molar-refractivity contribution in [2.75, 3.05) is 31.1 Å². The zero-order valence-electron chi connectivity index (χ0n) is 11.9. The number of likely N-dealkylation sites (tertiary alicyclic amines) is 1. The van der Waals surface area contributed by atoms with Crippen LogP contribution in [0.5, 0.6) is 0 Å². The number of carbonyl (C=O) groups excluding carboxylic acids is 1. The summed E-state index contributed by atoms with van der Waals surface area (Å²) in [6.45, 7) is 2.76. The molecule has 1 amide bonds. The molecule has 2 unspecified atom stereocenters. The van der Waals surface area contributed by atoms with Gasteiger partial charge in [-0.25, -0.2) is 0 Å². The second-order valence-electron chi connectivity index (χ2n) is 5.85. The van der Waals surface area contributed by atoms with Gasteiger partial charge in [0.2, 0.25) is 5.91 Å². The lowest BCUT2D eigenvalue weighted by Crippen LogP contribution is -2.52. The molecule has 6 nitrogen and oxygen atoms in total. The highest BCUT2D eigenvalue weighted by atomic mass is 16.3. The summed E-state index contributed by atoms with van der Waals surface area (Å²) in [5.74, 6) is 0.513. The van der Waals surface area contributed by atoms with E-state index < -0.39 is 0 Å². The molecule has 1 N–H and O–H groups in total. The Morgan fingerprint density at radius 2 is 2.25 bits per heavy atom. The maximum atomic E-state index is 12.7. The summed E-state index contributed by atoms with van der Waals surface area (Å²) in [6, 6.07) is -0.0273. The third kappa shape index (κ3) is 2.45. The Kier molecular flexibility index (Phi) is 3.76. The largest absolute Gasteiger partial charge is 0.396 e. The van der Waals surface area contributed by atoms with Crippen molar-refractivity contribution in [3.63, 3.8) is 0 Å². The number of nitrogens with zero attached hydrogens (tertiary/aromatic N) is 4. The molecule has 2 atom stereocenters. The number of carbonyl (C=O) groups is 1. The number of hydrogen-bond acceptors (Lipinski definition) is 4. The number of rotatable bonds is 3.